The Morgan fingerprint density at radius 1 is 1.53 bits per heavy atom. The second-order valence-electron chi connectivity index (χ2n) is 3.62. The van der Waals surface area contributed by atoms with Crippen LogP contribution in [-0.4, -0.2) is 31.7 Å². The van der Waals surface area contributed by atoms with Gasteiger partial charge in [0.15, 0.2) is 0 Å². The zero-order chi connectivity index (χ0) is 12.8. The highest BCUT2D eigenvalue weighted by atomic mass is 16.4. The molecule has 0 aliphatic heterocycles. The molecule has 7 heteroatoms. The largest absolute Gasteiger partial charge is 0.481 e. The number of aryl methyl sites for hydroxylation is 1. The maximum atomic E-state index is 11.4. The van der Waals surface area contributed by atoms with Crippen molar-refractivity contribution in [1.82, 2.24) is 20.1 Å². The van der Waals surface area contributed by atoms with Crippen LogP contribution in [0.5, 0.6) is 0 Å². The number of aliphatic carboxylic acids is 1. The van der Waals surface area contributed by atoms with Gasteiger partial charge in [-0.05, 0) is 13.8 Å². The highest BCUT2D eigenvalue weighted by Crippen LogP contribution is 2.08. The molecular formula is C10H16N4O3. The lowest BCUT2D eigenvalue weighted by Crippen LogP contribution is -2.29. The minimum atomic E-state index is -0.982. The fourth-order valence-corrected chi connectivity index (χ4v) is 1.45. The van der Waals surface area contributed by atoms with E-state index in [0.29, 0.717) is 12.4 Å². The van der Waals surface area contributed by atoms with Crippen LogP contribution in [0.3, 0.4) is 0 Å². The van der Waals surface area contributed by atoms with Gasteiger partial charge in [0.2, 0.25) is 5.91 Å². The van der Waals surface area contributed by atoms with Gasteiger partial charge < -0.3 is 10.4 Å². The summed E-state index contributed by atoms with van der Waals surface area (Å²) in [5.41, 5.74) is 0. The smallest absolute Gasteiger partial charge is 0.303 e. The number of hydrogen-bond acceptors (Lipinski definition) is 4. The molecular weight excluding hydrogens is 224 g/mol. The molecule has 17 heavy (non-hydrogen) atoms. The molecule has 0 aliphatic rings. The molecule has 1 amide bonds. The van der Waals surface area contributed by atoms with Crippen molar-refractivity contribution in [3.8, 4) is 0 Å². The van der Waals surface area contributed by atoms with E-state index in [0.717, 1.165) is 0 Å². The number of hydrogen-bond donors (Lipinski definition) is 2. The monoisotopic (exact) mass is 240 g/mol. The minimum Gasteiger partial charge on any atom is -0.481 e. The highest BCUT2D eigenvalue weighted by molar-refractivity contribution is 5.80. The molecule has 0 unspecified atom stereocenters. The first kappa shape index (κ1) is 13.1. The first-order chi connectivity index (χ1) is 8.04. The molecule has 0 fully saturated rings. The van der Waals surface area contributed by atoms with E-state index >= 15 is 0 Å². The predicted molar refractivity (Wildman–Crippen MR) is 59.1 cm³/mol. The third kappa shape index (κ3) is 3.86. The second kappa shape index (κ2) is 5.97. The van der Waals surface area contributed by atoms with Crippen molar-refractivity contribution in [2.75, 3.05) is 0 Å². The summed E-state index contributed by atoms with van der Waals surface area (Å²) in [6, 6.07) is -0.279. The Morgan fingerprint density at radius 2 is 2.24 bits per heavy atom. The van der Waals surface area contributed by atoms with E-state index in [1.807, 2.05) is 6.92 Å². The molecule has 0 spiro atoms. The second-order valence-corrected chi connectivity index (χ2v) is 3.62. The molecule has 1 rings (SSSR count). The van der Waals surface area contributed by atoms with Gasteiger partial charge in [-0.1, -0.05) is 0 Å². The summed E-state index contributed by atoms with van der Waals surface area (Å²) in [6.07, 6.45) is 1.23. The first-order valence-corrected chi connectivity index (χ1v) is 5.43. The van der Waals surface area contributed by atoms with Crippen LogP contribution >= 0.6 is 0 Å². The van der Waals surface area contributed by atoms with Crippen molar-refractivity contribution in [3.05, 3.63) is 12.2 Å². The number of nitrogens with zero attached hydrogens (tertiary/aromatic N) is 3. The summed E-state index contributed by atoms with van der Waals surface area (Å²) in [4.78, 5) is 25.8. The van der Waals surface area contributed by atoms with Gasteiger partial charge in [0.1, 0.15) is 12.2 Å². The van der Waals surface area contributed by atoms with Gasteiger partial charge in [-0.3, -0.25) is 9.59 Å². The summed E-state index contributed by atoms with van der Waals surface area (Å²) in [5, 5.41) is 15.1. The normalized spacial score (nSPS) is 12.1. The Balaban J connectivity index is 2.51. The number of carbonyl (C=O) groups is 2. The molecule has 1 heterocycles. The number of aromatic nitrogens is 3. The average Bonchev–Trinajstić information content (AvgIpc) is 2.74. The van der Waals surface area contributed by atoms with E-state index in [-0.39, 0.29) is 24.8 Å². The molecule has 7 nitrogen and oxygen atoms in total. The molecule has 1 atom stereocenters. The quantitative estimate of drug-likeness (QED) is 0.747. The van der Waals surface area contributed by atoms with E-state index in [9.17, 15) is 9.59 Å². The number of rotatable bonds is 6. The Kier molecular flexibility index (Phi) is 4.62. The van der Waals surface area contributed by atoms with Gasteiger partial charge >= 0.3 is 5.97 Å². The summed E-state index contributed by atoms with van der Waals surface area (Å²) in [7, 11) is 0. The summed E-state index contributed by atoms with van der Waals surface area (Å²) in [6.45, 7) is 4.39. The molecule has 1 aromatic rings. The number of nitrogens with one attached hydrogen (secondary N) is 1. The summed E-state index contributed by atoms with van der Waals surface area (Å²) >= 11 is 0. The maximum absolute atomic E-state index is 11.4. The zero-order valence-electron chi connectivity index (χ0n) is 9.88. The number of amides is 1. The number of carboxylic acid groups (broad SMARTS) is 1. The topological polar surface area (TPSA) is 97.1 Å². The average molecular weight is 240 g/mol. The van der Waals surface area contributed by atoms with E-state index in [2.05, 4.69) is 15.4 Å². The predicted octanol–water partition coefficient (Wildman–Crippen LogP) is 0.340. The van der Waals surface area contributed by atoms with Crippen molar-refractivity contribution in [2.24, 2.45) is 0 Å². The third-order valence-corrected chi connectivity index (χ3v) is 2.28. The molecule has 0 radical (unpaired) electrons. The van der Waals surface area contributed by atoms with Gasteiger partial charge in [-0.2, -0.15) is 5.10 Å². The van der Waals surface area contributed by atoms with E-state index in [1.54, 1.807) is 11.6 Å². The van der Waals surface area contributed by atoms with Crippen LogP contribution in [-0.2, 0) is 16.1 Å². The van der Waals surface area contributed by atoms with Crippen LogP contribution in [0.4, 0.5) is 0 Å². The van der Waals surface area contributed by atoms with Crippen LogP contribution in [0, 0.1) is 0 Å². The standard InChI is InChI=1S/C10H16N4O3/c1-3-14-10(11-6-12-14)7(2)13-8(15)4-5-9(16)17/h6-7H,3-5H2,1-2H3,(H,13,15)(H,16,17)/t7-/m1/s1. The van der Waals surface area contributed by atoms with Crippen molar-refractivity contribution in [1.29, 1.82) is 0 Å². The van der Waals surface area contributed by atoms with Gasteiger partial charge in [0.25, 0.3) is 0 Å². The van der Waals surface area contributed by atoms with Crippen LogP contribution in [0.2, 0.25) is 0 Å². The zero-order valence-corrected chi connectivity index (χ0v) is 9.88. The maximum Gasteiger partial charge on any atom is 0.303 e. The van der Waals surface area contributed by atoms with Crippen LogP contribution in [0.15, 0.2) is 6.33 Å². The van der Waals surface area contributed by atoms with Gasteiger partial charge in [-0.25, -0.2) is 9.67 Å². The van der Waals surface area contributed by atoms with Crippen molar-refractivity contribution < 1.29 is 14.7 Å². The Bertz CT molecular complexity index is 402. The van der Waals surface area contributed by atoms with E-state index in [4.69, 9.17) is 5.11 Å². The molecule has 0 bridgehead atoms. The molecule has 0 aliphatic carbocycles. The SMILES string of the molecule is CCn1ncnc1[C@@H](C)NC(=O)CCC(=O)O. The fraction of sp³-hybridized carbons (Fsp3) is 0.600. The van der Waals surface area contributed by atoms with Crippen LogP contribution in [0.1, 0.15) is 38.6 Å². The molecule has 2 N–H and O–H groups in total. The lowest BCUT2D eigenvalue weighted by molar-refractivity contribution is -0.138. The third-order valence-electron chi connectivity index (χ3n) is 2.28. The Hall–Kier alpha value is -1.92. The van der Waals surface area contributed by atoms with Crippen molar-refractivity contribution in [3.63, 3.8) is 0 Å². The van der Waals surface area contributed by atoms with Crippen LogP contribution in [0.25, 0.3) is 0 Å². The molecule has 0 saturated carbocycles. The Morgan fingerprint density at radius 3 is 2.82 bits per heavy atom. The van der Waals surface area contributed by atoms with Crippen LogP contribution < -0.4 is 5.32 Å². The lowest BCUT2D eigenvalue weighted by atomic mass is 10.2. The summed E-state index contributed by atoms with van der Waals surface area (Å²) in [5.74, 6) is -0.619. The highest BCUT2D eigenvalue weighted by Gasteiger charge is 2.15. The summed E-state index contributed by atoms with van der Waals surface area (Å²) < 4.78 is 1.68. The fourth-order valence-electron chi connectivity index (χ4n) is 1.45. The van der Waals surface area contributed by atoms with Gasteiger partial charge in [-0.15, -0.1) is 0 Å². The van der Waals surface area contributed by atoms with Crippen molar-refractivity contribution >= 4 is 11.9 Å². The molecule has 94 valence electrons. The Labute approximate surface area is 98.8 Å². The molecule has 1 aromatic heterocycles. The minimum absolute atomic E-state index is 0.0278. The number of carboxylic acids is 1. The molecule has 0 saturated heterocycles. The van der Waals surface area contributed by atoms with E-state index in [1.165, 1.54) is 6.33 Å². The van der Waals surface area contributed by atoms with Crippen molar-refractivity contribution in [2.45, 2.75) is 39.3 Å². The van der Waals surface area contributed by atoms with Gasteiger partial charge in [0, 0.05) is 13.0 Å². The van der Waals surface area contributed by atoms with E-state index < -0.39 is 5.97 Å². The lowest BCUT2D eigenvalue weighted by Gasteiger charge is -2.13. The molecule has 0 aromatic carbocycles. The van der Waals surface area contributed by atoms with Gasteiger partial charge in [0.05, 0.1) is 12.5 Å². The number of carbonyl (C=O) groups excluding carboxylic acids is 1. The first-order valence-electron chi connectivity index (χ1n) is 5.43.